The van der Waals surface area contributed by atoms with E-state index in [1.807, 2.05) is 37.5 Å². The summed E-state index contributed by atoms with van der Waals surface area (Å²) in [5.41, 5.74) is 3.37. The molecular weight excluding hydrogens is 418 g/mol. The number of ether oxygens (including phenoxy) is 1. The van der Waals surface area contributed by atoms with Crippen molar-refractivity contribution in [3.05, 3.63) is 42.7 Å². The number of aromatic hydroxyl groups is 1. The second-order valence-corrected chi connectivity index (χ2v) is 8.66. The summed E-state index contributed by atoms with van der Waals surface area (Å²) in [7, 11) is 3.49. The summed E-state index contributed by atoms with van der Waals surface area (Å²) in [5.74, 6) is 1.54. The van der Waals surface area contributed by atoms with Crippen molar-refractivity contribution in [2.75, 3.05) is 25.1 Å². The second kappa shape index (κ2) is 8.32. The zero-order valence-corrected chi connectivity index (χ0v) is 19.1. The van der Waals surface area contributed by atoms with Crippen LogP contribution in [0.3, 0.4) is 0 Å². The first-order valence-electron chi connectivity index (χ1n) is 11.0. The Labute approximate surface area is 192 Å². The number of methoxy groups -OCH3 is 1. The lowest BCUT2D eigenvalue weighted by Gasteiger charge is -2.36. The average molecular weight is 446 g/mol. The second-order valence-electron chi connectivity index (χ2n) is 8.66. The molecule has 0 saturated carbocycles. The Morgan fingerprint density at radius 1 is 1.06 bits per heavy atom. The van der Waals surface area contributed by atoms with E-state index < -0.39 is 0 Å². The highest BCUT2D eigenvalue weighted by molar-refractivity contribution is 5.90. The van der Waals surface area contributed by atoms with E-state index in [-0.39, 0.29) is 5.75 Å². The van der Waals surface area contributed by atoms with Crippen molar-refractivity contribution in [3.63, 3.8) is 0 Å². The lowest BCUT2D eigenvalue weighted by molar-refractivity contribution is 0.404. The standard InChI is InChI=1S/C24H27N7O2/c1-14-11-31(12-15(2)26-14)22-6-5-19(27-28-22)24-20(32)8-17(10-25-24)16-7-18-13-30(3)29-23(18)21(9-16)33-4/h5-10,13-15,26,32H,11-12H2,1-4H3/t14-,15-/m1/s1. The number of fused-ring (bicyclic) bond motifs is 1. The molecule has 1 saturated heterocycles. The molecule has 170 valence electrons. The molecule has 1 aliphatic heterocycles. The first kappa shape index (κ1) is 21.1. The fourth-order valence-electron chi connectivity index (χ4n) is 4.49. The van der Waals surface area contributed by atoms with Gasteiger partial charge in [0, 0.05) is 55.6 Å². The van der Waals surface area contributed by atoms with Crippen LogP contribution in [0.2, 0.25) is 0 Å². The van der Waals surface area contributed by atoms with E-state index in [4.69, 9.17) is 4.74 Å². The molecule has 0 aliphatic carbocycles. The number of benzene rings is 1. The van der Waals surface area contributed by atoms with Gasteiger partial charge in [-0.2, -0.15) is 5.10 Å². The van der Waals surface area contributed by atoms with Gasteiger partial charge in [0.2, 0.25) is 0 Å². The summed E-state index contributed by atoms with van der Waals surface area (Å²) in [6.45, 7) is 6.08. The summed E-state index contributed by atoms with van der Waals surface area (Å²) in [5, 5.41) is 28.4. The van der Waals surface area contributed by atoms with Crippen molar-refractivity contribution in [1.82, 2.24) is 30.3 Å². The molecule has 33 heavy (non-hydrogen) atoms. The van der Waals surface area contributed by atoms with Crippen LogP contribution in [0.25, 0.3) is 33.4 Å². The lowest BCUT2D eigenvalue weighted by atomic mass is 10.0. The van der Waals surface area contributed by atoms with Crippen LogP contribution in [0.15, 0.2) is 42.7 Å². The van der Waals surface area contributed by atoms with Gasteiger partial charge in [0.05, 0.1) is 7.11 Å². The molecule has 4 aromatic rings. The van der Waals surface area contributed by atoms with Crippen LogP contribution in [-0.2, 0) is 7.05 Å². The molecule has 1 aliphatic rings. The van der Waals surface area contributed by atoms with Gasteiger partial charge in [-0.05, 0) is 49.7 Å². The highest BCUT2D eigenvalue weighted by Gasteiger charge is 2.22. The Hall–Kier alpha value is -3.72. The molecule has 3 aromatic heterocycles. The topological polar surface area (TPSA) is 101 Å². The number of hydrogen-bond donors (Lipinski definition) is 2. The zero-order valence-electron chi connectivity index (χ0n) is 19.1. The molecule has 0 radical (unpaired) electrons. The normalized spacial score (nSPS) is 18.6. The molecule has 0 unspecified atom stereocenters. The average Bonchev–Trinajstić information content (AvgIpc) is 3.18. The Bertz CT molecular complexity index is 1290. The SMILES string of the molecule is COc1cc(-c2cnc(-c3ccc(N4C[C@@H](C)N[C@H](C)C4)nn3)c(O)c2)cc2cn(C)nc12. The maximum atomic E-state index is 10.7. The highest BCUT2D eigenvalue weighted by atomic mass is 16.5. The minimum Gasteiger partial charge on any atom is -0.506 e. The number of rotatable bonds is 4. The van der Waals surface area contributed by atoms with Gasteiger partial charge in [-0.15, -0.1) is 10.2 Å². The first-order chi connectivity index (χ1) is 15.9. The fourth-order valence-corrected chi connectivity index (χ4v) is 4.49. The lowest BCUT2D eigenvalue weighted by Crippen LogP contribution is -2.54. The van der Waals surface area contributed by atoms with Crippen LogP contribution in [0.1, 0.15) is 13.8 Å². The van der Waals surface area contributed by atoms with Gasteiger partial charge < -0.3 is 20.1 Å². The van der Waals surface area contributed by atoms with Crippen molar-refractivity contribution < 1.29 is 9.84 Å². The van der Waals surface area contributed by atoms with Crippen LogP contribution in [-0.4, -0.2) is 62.4 Å². The third-order valence-electron chi connectivity index (χ3n) is 5.88. The number of hydrogen-bond acceptors (Lipinski definition) is 8. The van der Waals surface area contributed by atoms with Crippen molar-refractivity contribution >= 4 is 16.7 Å². The number of piperazine rings is 1. The van der Waals surface area contributed by atoms with Gasteiger partial charge in [-0.1, -0.05) is 0 Å². The summed E-state index contributed by atoms with van der Waals surface area (Å²) in [6, 6.07) is 10.2. The Balaban J connectivity index is 1.43. The minimum atomic E-state index is 0.0456. The third-order valence-corrected chi connectivity index (χ3v) is 5.88. The molecule has 0 spiro atoms. The molecule has 4 heterocycles. The molecule has 0 bridgehead atoms. The predicted octanol–water partition coefficient (Wildman–Crippen LogP) is 2.99. The number of nitrogens with zero attached hydrogens (tertiary/aromatic N) is 6. The molecular formula is C24H27N7O2. The van der Waals surface area contributed by atoms with E-state index in [0.717, 1.165) is 40.9 Å². The van der Waals surface area contributed by atoms with Crippen LogP contribution >= 0.6 is 0 Å². The summed E-state index contributed by atoms with van der Waals surface area (Å²) >= 11 is 0. The van der Waals surface area contributed by atoms with E-state index >= 15 is 0 Å². The van der Waals surface area contributed by atoms with Crippen molar-refractivity contribution in [2.45, 2.75) is 25.9 Å². The van der Waals surface area contributed by atoms with Gasteiger partial charge in [-0.25, -0.2) is 4.98 Å². The van der Waals surface area contributed by atoms with Gasteiger partial charge >= 0.3 is 0 Å². The monoisotopic (exact) mass is 445 g/mol. The van der Waals surface area contributed by atoms with Crippen LogP contribution in [0, 0.1) is 0 Å². The first-order valence-corrected chi connectivity index (χ1v) is 11.0. The molecule has 2 N–H and O–H groups in total. The molecule has 2 atom stereocenters. The van der Waals surface area contributed by atoms with Crippen LogP contribution < -0.4 is 15.0 Å². The zero-order chi connectivity index (χ0) is 23.1. The van der Waals surface area contributed by atoms with Crippen molar-refractivity contribution in [2.24, 2.45) is 7.05 Å². The molecule has 9 nitrogen and oxygen atoms in total. The number of aryl methyl sites for hydroxylation is 1. The Kier molecular flexibility index (Phi) is 5.33. The molecule has 0 amide bonds. The van der Waals surface area contributed by atoms with Crippen molar-refractivity contribution in [3.8, 4) is 34.0 Å². The van der Waals surface area contributed by atoms with Gasteiger partial charge in [0.25, 0.3) is 0 Å². The van der Waals surface area contributed by atoms with Gasteiger partial charge in [0.15, 0.2) is 5.82 Å². The van der Waals surface area contributed by atoms with E-state index in [9.17, 15) is 5.11 Å². The number of aromatic nitrogens is 5. The van der Waals surface area contributed by atoms with E-state index in [2.05, 4.69) is 44.3 Å². The molecule has 5 rings (SSSR count). The van der Waals surface area contributed by atoms with E-state index in [1.54, 1.807) is 24.1 Å². The van der Waals surface area contributed by atoms with Crippen LogP contribution in [0.5, 0.6) is 11.5 Å². The highest BCUT2D eigenvalue weighted by Crippen LogP contribution is 2.35. The van der Waals surface area contributed by atoms with E-state index in [0.29, 0.717) is 29.2 Å². The number of anilines is 1. The molecule has 9 heteroatoms. The Morgan fingerprint density at radius 2 is 1.85 bits per heavy atom. The minimum absolute atomic E-state index is 0.0456. The predicted molar refractivity (Wildman–Crippen MR) is 127 cm³/mol. The summed E-state index contributed by atoms with van der Waals surface area (Å²) in [4.78, 5) is 6.72. The largest absolute Gasteiger partial charge is 0.506 e. The molecule has 1 aromatic carbocycles. The fraction of sp³-hybridized carbons (Fsp3) is 0.333. The van der Waals surface area contributed by atoms with Crippen molar-refractivity contribution in [1.29, 1.82) is 0 Å². The smallest absolute Gasteiger partial charge is 0.151 e. The number of pyridine rings is 1. The number of nitrogens with one attached hydrogen (secondary N) is 1. The van der Waals surface area contributed by atoms with E-state index in [1.165, 1.54) is 0 Å². The summed E-state index contributed by atoms with van der Waals surface area (Å²) in [6.07, 6.45) is 3.65. The quantitative estimate of drug-likeness (QED) is 0.494. The maximum Gasteiger partial charge on any atom is 0.151 e. The van der Waals surface area contributed by atoms with Gasteiger partial charge in [0.1, 0.15) is 28.4 Å². The van der Waals surface area contributed by atoms with Gasteiger partial charge in [-0.3, -0.25) is 4.68 Å². The summed E-state index contributed by atoms with van der Waals surface area (Å²) < 4.78 is 7.27. The maximum absolute atomic E-state index is 10.7. The Morgan fingerprint density at radius 3 is 2.52 bits per heavy atom. The molecule has 1 fully saturated rings. The van der Waals surface area contributed by atoms with Crippen LogP contribution in [0.4, 0.5) is 5.82 Å². The third kappa shape index (κ3) is 4.07.